The van der Waals surface area contributed by atoms with Crippen molar-refractivity contribution in [1.82, 2.24) is 4.90 Å². The van der Waals surface area contributed by atoms with Gasteiger partial charge in [0.1, 0.15) is 18.2 Å². The smallest absolute Gasteiger partial charge is 0.294 e. The van der Waals surface area contributed by atoms with Crippen LogP contribution in [-0.4, -0.2) is 42.4 Å². The van der Waals surface area contributed by atoms with Crippen LogP contribution in [0.25, 0.3) is 0 Å². The molecule has 10 heteroatoms. The number of hydrogen-bond donors (Lipinski definition) is 0. The quantitative estimate of drug-likeness (QED) is 0.324. The lowest BCUT2D eigenvalue weighted by Gasteiger charge is -2.39. The average Bonchev–Trinajstić information content (AvgIpc) is 3.39. The SMILES string of the molecule is O=C(c1ccc(CO[N+](=O)[O-])cc1)N1CC[C@@H](c2ccc(F)cc2)[C@H](COc2ccc3c(c2)OCO3)C1. The largest absolute Gasteiger partial charge is 0.493 e. The van der Waals surface area contributed by atoms with Crippen molar-refractivity contribution in [2.75, 3.05) is 26.5 Å². The Morgan fingerprint density at radius 2 is 1.81 bits per heavy atom. The topological polar surface area (TPSA) is 100 Å². The third-order valence-corrected chi connectivity index (χ3v) is 6.66. The number of rotatable bonds is 8. The van der Waals surface area contributed by atoms with Crippen LogP contribution in [0.5, 0.6) is 17.2 Å². The van der Waals surface area contributed by atoms with Crippen molar-refractivity contribution in [2.24, 2.45) is 5.92 Å². The number of hydrogen-bond acceptors (Lipinski definition) is 7. The molecule has 1 fully saturated rings. The molecular formula is C27H25FN2O7. The van der Waals surface area contributed by atoms with E-state index in [0.717, 1.165) is 5.56 Å². The zero-order valence-electron chi connectivity index (χ0n) is 19.9. The highest BCUT2D eigenvalue weighted by Gasteiger charge is 2.33. The number of piperidine rings is 1. The molecule has 9 nitrogen and oxygen atoms in total. The molecule has 0 aromatic heterocycles. The molecule has 5 rings (SSSR count). The van der Waals surface area contributed by atoms with Gasteiger partial charge in [-0.1, -0.05) is 24.3 Å². The minimum absolute atomic E-state index is 0.0404. The Kier molecular flexibility index (Phi) is 7.07. The summed E-state index contributed by atoms with van der Waals surface area (Å²) in [5.74, 6) is 1.55. The van der Waals surface area contributed by atoms with E-state index in [1.807, 2.05) is 6.07 Å². The summed E-state index contributed by atoms with van der Waals surface area (Å²) >= 11 is 0. The average molecular weight is 509 g/mol. The van der Waals surface area contributed by atoms with Gasteiger partial charge >= 0.3 is 0 Å². The third-order valence-electron chi connectivity index (χ3n) is 6.66. The number of halogens is 1. The molecule has 0 saturated carbocycles. The predicted octanol–water partition coefficient (Wildman–Crippen LogP) is 4.59. The molecule has 37 heavy (non-hydrogen) atoms. The van der Waals surface area contributed by atoms with Crippen LogP contribution in [0.2, 0.25) is 0 Å². The minimum Gasteiger partial charge on any atom is -0.493 e. The lowest BCUT2D eigenvalue weighted by Crippen LogP contribution is -2.45. The Morgan fingerprint density at radius 3 is 2.57 bits per heavy atom. The maximum Gasteiger partial charge on any atom is 0.294 e. The molecule has 2 aliphatic heterocycles. The van der Waals surface area contributed by atoms with Crippen molar-refractivity contribution in [1.29, 1.82) is 0 Å². The van der Waals surface area contributed by atoms with E-state index in [4.69, 9.17) is 14.2 Å². The number of ether oxygens (including phenoxy) is 3. The predicted molar refractivity (Wildman–Crippen MR) is 129 cm³/mol. The van der Waals surface area contributed by atoms with Gasteiger partial charge in [0.05, 0.1) is 6.61 Å². The fourth-order valence-electron chi connectivity index (χ4n) is 4.76. The Hall–Kier alpha value is -4.34. The fourth-order valence-corrected chi connectivity index (χ4v) is 4.76. The van der Waals surface area contributed by atoms with Gasteiger partial charge in [0, 0.05) is 30.6 Å². The maximum atomic E-state index is 13.6. The highest BCUT2D eigenvalue weighted by Crippen LogP contribution is 2.37. The van der Waals surface area contributed by atoms with Crippen LogP contribution in [0.15, 0.2) is 66.7 Å². The van der Waals surface area contributed by atoms with Gasteiger partial charge in [-0.2, -0.15) is 0 Å². The van der Waals surface area contributed by atoms with Gasteiger partial charge in [-0.15, -0.1) is 10.1 Å². The molecule has 0 radical (unpaired) electrons. The number of carbonyl (C=O) groups excluding carboxylic acids is 1. The fraction of sp³-hybridized carbons (Fsp3) is 0.296. The summed E-state index contributed by atoms with van der Waals surface area (Å²) in [5.41, 5.74) is 2.08. The van der Waals surface area contributed by atoms with Crippen LogP contribution in [0.4, 0.5) is 4.39 Å². The first-order valence-corrected chi connectivity index (χ1v) is 11.9. The summed E-state index contributed by atoms with van der Waals surface area (Å²) in [6.45, 7) is 1.34. The zero-order valence-corrected chi connectivity index (χ0v) is 19.9. The van der Waals surface area contributed by atoms with Crippen LogP contribution < -0.4 is 14.2 Å². The van der Waals surface area contributed by atoms with Crippen LogP contribution in [0.1, 0.15) is 33.8 Å². The number of nitrogens with zero attached hydrogens (tertiary/aromatic N) is 2. The second-order valence-electron chi connectivity index (χ2n) is 8.98. The highest BCUT2D eigenvalue weighted by atomic mass is 19.1. The van der Waals surface area contributed by atoms with E-state index < -0.39 is 5.09 Å². The molecule has 2 heterocycles. The van der Waals surface area contributed by atoms with Gasteiger partial charge in [0.15, 0.2) is 11.5 Å². The lowest BCUT2D eigenvalue weighted by atomic mass is 9.80. The molecule has 2 aliphatic rings. The third kappa shape index (κ3) is 5.74. The molecule has 192 valence electrons. The van der Waals surface area contributed by atoms with Crippen molar-refractivity contribution < 1.29 is 33.3 Å². The minimum atomic E-state index is -0.851. The summed E-state index contributed by atoms with van der Waals surface area (Å²) < 4.78 is 30.5. The van der Waals surface area contributed by atoms with Crippen molar-refractivity contribution in [3.05, 3.63) is 99.4 Å². The van der Waals surface area contributed by atoms with Crippen LogP contribution >= 0.6 is 0 Å². The standard InChI is InChI=1S/C27H25FN2O7/c28-22-7-5-19(6-8-22)24-11-12-29(27(31)20-3-1-18(2-4-20)15-37-30(32)33)14-21(24)16-34-23-9-10-25-26(13-23)36-17-35-25/h1-10,13,21,24H,11-12,14-17H2/t21-,24-/m0/s1. The summed E-state index contributed by atoms with van der Waals surface area (Å²) in [6.07, 6.45) is 0.696. The van der Waals surface area contributed by atoms with Gasteiger partial charge in [0.25, 0.3) is 11.0 Å². The second kappa shape index (κ2) is 10.7. The monoisotopic (exact) mass is 508 g/mol. The number of carbonyl (C=O) groups is 1. The first-order chi connectivity index (χ1) is 18.0. The highest BCUT2D eigenvalue weighted by molar-refractivity contribution is 5.94. The first kappa shape index (κ1) is 24.4. The number of amides is 1. The van der Waals surface area contributed by atoms with Crippen LogP contribution in [-0.2, 0) is 11.4 Å². The molecule has 0 bridgehead atoms. The van der Waals surface area contributed by atoms with E-state index in [1.54, 1.807) is 53.4 Å². The van der Waals surface area contributed by atoms with Crippen LogP contribution in [0.3, 0.4) is 0 Å². The van der Waals surface area contributed by atoms with E-state index in [9.17, 15) is 19.3 Å². The summed E-state index contributed by atoms with van der Waals surface area (Å²) in [5, 5.41) is 9.56. The molecule has 0 spiro atoms. The van der Waals surface area contributed by atoms with Crippen molar-refractivity contribution >= 4 is 5.91 Å². The van der Waals surface area contributed by atoms with Crippen molar-refractivity contribution in [2.45, 2.75) is 18.9 Å². The first-order valence-electron chi connectivity index (χ1n) is 11.9. The summed E-state index contributed by atoms with van der Waals surface area (Å²) in [6, 6.07) is 18.4. The normalized spacial score (nSPS) is 18.4. The van der Waals surface area contributed by atoms with E-state index in [-0.39, 0.29) is 37.0 Å². The lowest BCUT2D eigenvalue weighted by molar-refractivity contribution is -0.763. The van der Waals surface area contributed by atoms with Gasteiger partial charge in [-0.3, -0.25) is 4.79 Å². The molecule has 3 aromatic rings. The Balaban J connectivity index is 1.30. The molecule has 0 unspecified atom stereocenters. The van der Waals surface area contributed by atoms with E-state index in [1.165, 1.54) is 12.1 Å². The number of fused-ring (bicyclic) bond motifs is 1. The molecule has 2 atom stereocenters. The van der Waals surface area contributed by atoms with E-state index >= 15 is 0 Å². The molecule has 1 saturated heterocycles. The van der Waals surface area contributed by atoms with Gasteiger partial charge in [-0.25, -0.2) is 4.39 Å². The maximum absolute atomic E-state index is 13.6. The Morgan fingerprint density at radius 1 is 1.05 bits per heavy atom. The molecule has 1 amide bonds. The Labute approximate surface area is 212 Å². The second-order valence-corrected chi connectivity index (χ2v) is 8.98. The summed E-state index contributed by atoms with van der Waals surface area (Å²) in [4.78, 5) is 29.9. The van der Waals surface area contributed by atoms with E-state index in [2.05, 4.69) is 4.84 Å². The molecule has 0 aliphatic carbocycles. The van der Waals surface area contributed by atoms with Crippen molar-refractivity contribution in [3.63, 3.8) is 0 Å². The van der Waals surface area contributed by atoms with Gasteiger partial charge in [-0.05, 0) is 59.9 Å². The number of likely N-dealkylation sites (tertiary alicyclic amines) is 1. The summed E-state index contributed by atoms with van der Waals surface area (Å²) in [7, 11) is 0. The van der Waals surface area contributed by atoms with Crippen LogP contribution in [0, 0.1) is 21.8 Å². The molecule has 3 aromatic carbocycles. The van der Waals surface area contributed by atoms with Crippen molar-refractivity contribution in [3.8, 4) is 17.2 Å². The zero-order chi connectivity index (χ0) is 25.8. The van der Waals surface area contributed by atoms with Gasteiger partial charge < -0.3 is 23.9 Å². The molecular weight excluding hydrogens is 483 g/mol. The number of benzene rings is 3. The van der Waals surface area contributed by atoms with E-state index in [0.29, 0.717) is 54.5 Å². The van der Waals surface area contributed by atoms with Gasteiger partial charge in [0.2, 0.25) is 6.79 Å². The Bertz CT molecular complexity index is 1270. The molecule has 0 N–H and O–H groups in total.